The van der Waals surface area contributed by atoms with E-state index in [0.29, 0.717) is 16.5 Å². The summed E-state index contributed by atoms with van der Waals surface area (Å²) in [6, 6.07) is 13.4. The lowest BCUT2D eigenvalue weighted by Crippen LogP contribution is -2.29. The van der Waals surface area contributed by atoms with Crippen LogP contribution in [0, 0.1) is 6.92 Å². The lowest BCUT2D eigenvalue weighted by atomic mass is 10.0. The molecule has 166 valence electrons. The van der Waals surface area contributed by atoms with Gasteiger partial charge in [0.2, 0.25) is 5.91 Å². The Morgan fingerprint density at radius 1 is 1.28 bits per heavy atom. The molecule has 2 N–H and O–H groups in total. The van der Waals surface area contributed by atoms with Crippen LogP contribution in [-0.4, -0.2) is 36.8 Å². The van der Waals surface area contributed by atoms with Crippen LogP contribution in [0.15, 0.2) is 54.0 Å². The molecule has 1 aliphatic rings. The number of benzene rings is 1. The zero-order chi connectivity index (χ0) is 22.7. The number of pyridine rings is 1. The summed E-state index contributed by atoms with van der Waals surface area (Å²) in [5.74, 6) is 0.295. The standard InChI is InChI=1S/C23H24N4O3S2/c1-14-9-11-32-22(14)21-20(16-6-4-5-10-24-16)26-23(31)27(21)15-7-8-18(30-3)17(12-15)25-19(28)13-29-2/h4-12,20-21H,13H2,1-3H3,(H,25,28)(H,26,31)/t20-,21+/m1/s1. The van der Waals surface area contributed by atoms with Gasteiger partial charge in [0.25, 0.3) is 0 Å². The number of hydrogen-bond donors (Lipinski definition) is 2. The zero-order valence-corrected chi connectivity index (χ0v) is 19.6. The monoisotopic (exact) mass is 468 g/mol. The maximum Gasteiger partial charge on any atom is 0.250 e. The molecule has 3 heterocycles. The number of thiocarbonyl (C=S) groups is 1. The molecule has 2 atom stereocenters. The molecule has 1 fully saturated rings. The van der Waals surface area contributed by atoms with Gasteiger partial charge in [0.05, 0.1) is 30.6 Å². The fourth-order valence-electron chi connectivity index (χ4n) is 3.85. The van der Waals surface area contributed by atoms with Crippen molar-refractivity contribution in [2.75, 3.05) is 31.0 Å². The van der Waals surface area contributed by atoms with Gasteiger partial charge in [0, 0.05) is 23.9 Å². The van der Waals surface area contributed by atoms with Crippen LogP contribution in [0.2, 0.25) is 0 Å². The number of nitrogens with one attached hydrogen (secondary N) is 2. The van der Waals surface area contributed by atoms with Crippen LogP contribution in [0.25, 0.3) is 0 Å². The molecule has 2 aromatic heterocycles. The van der Waals surface area contributed by atoms with Crippen LogP contribution in [0.1, 0.15) is 28.2 Å². The van der Waals surface area contributed by atoms with E-state index < -0.39 is 0 Å². The second-order valence-corrected chi connectivity index (χ2v) is 8.66. The Morgan fingerprint density at radius 3 is 2.78 bits per heavy atom. The van der Waals surface area contributed by atoms with Gasteiger partial charge in [-0.25, -0.2) is 0 Å². The van der Waals surface area contributed by atoms with Crippen molar-refractivity contribution in [3.63, 3.8) is 0 Å². The average Bonchev–Trinajstić information content (AvgIpc) is 3.36. The van der Waals surface area contributed by atoms with Crippen molar-refractivity contribution in [2.24, 2.45) is 0 Å². The minimum Gasteiger partial charge on any atom is -0.495 e. The molecule has 3 aromatic rings. The number of hydrogen-bond acceptors (Lipinski definition) is 6. The van der Waals surface area contributed by atoms with Gasteiger partial charge in [0.15, 0.2) is 5.11 Å². The summed E-state index contributed by atoms with van der Waals surface area (Å²) in [6.07, 6.45) is 1.79. The molecule has 7 nitrogen and oxygen atoms in total. The lowest BCUT2D eigenvalue weighted by molar-refractivity contribution is -0.119. The van der Waals surface area contributed by atoms with Gasteiger partial charge in [0.1, 0.15) is 12.4 Å². The number of aromatic nitrogens is 1. The number of thiophene rings is 1. The van der Waals surface area contributed by atoms with E-state index in [9.17, 15) is 4.79 Å². The molecule has 0 saturated carbocycles. The number of amides is 1. The summed E-state index contributed by atoms with van der Waals surface area (Å²) in [7, 11) is 3.05. The van der Waals surface area contributed by atoms with Crippen molar-refractivity contribution >= 4 is 45.9 Å². The molecule has 0 spiro atoms. The van der Waals surface area contributed by atoms with Gasteiger partial charge in [-0.05, 0) is 66.5 Å². The number of nitrogens with zero attached hydrogens (tertiary/aromatic N) is 2. The Hall–Kier alpha value is -3.01. The van der Waals surface area contributed by atoms with E-state index in [2.05, 4.69) is 38.9 Å². The van der Waals surface area contributed by atoms with Crippen molar-refractivity contribution < 1.29 is 14.3 Å². The number of carbonyl (C=O) groups excluding carboxylic acids is 1. The molecule has 1 amide bonds. The summed E-state index contributed by atoms with van der Waals surface area (Å²) in [5, 5.41) is 8.99. The first-order valence-corrected chi connectivity index (χ1v) is 11.3. The van der Waals surface area contributed by atoms with Crippen LogP contribution in [0.4, 0.5) is 11.4 Å². The molecule has 0 unspecified atom stereocenters. The molecular formula is C23H24N4O3S2. The van der Waals surface area contributed by atoms with Crippen molar-refractivity contribution in [3.8, 4) is 5.75 Å². The highest BCUT2D eigenvalue weighted by Crippen LogP contribution is 2.45. The zero-order valence-electron chi connectivity index (χ0n) is 18.0. The van der Waals surface area contributed by atoms with Gasteiger partial charge in [-0.3, -0.25) is 9.78 Å². The molecule has 1 aliphatic heterocycles. The topological polar surface area (TPSA) is 75.7 Å². The Bertz CT molecular complexity index is 1120. The van der Waals surface area contributed by atoms with Gasteiger partial charge in [-0.1, -0.05) is 6.07 Å². The minimum atomic E-state index is -0.262. The number of carbonyl (C=O) groups is 1. The Balaban J connectivity index is 1.78. The lowest BCUT2D eigenvalue weighted by Gasteiger charge is -2.28. The van der Waals surface area contributed by atoms with Gasteiger partial charge >= 0.3 is 0 Å². The smallest absolute Gasteiger partial charge is 0.250 e. The van der Waals surface area contributed by atoms with Crippen LogP contribution in [0.3, 0.4) is 0 Å². The maximum absolute atomic E-state index is 12.2. The number of rotatable bonds is 7. The summed E-state index contributed by atoms with van der Waals surface area (Å²) < 4.78 is 10.4. The van der Waals surface area contributed by atoms with Crippen molar-refractivity contribution in [1.29, 1.82) is 0 Å². The first-order valence-electron chi connectivity index (χ1n) is 10.0. The predicted octanol–water partition coefficient (Wildman–Crippen LogP) is 4.22. The second kappa shape index (κ2) is 9.64. The molecule has 1 saturated heterocycles. The van der Waals surface area contributed by atoms with Crippen LogP contribution < -0.4 is 20.3 Å². The fraction of sp³-hybridized carbons (Fsp3) is 0.261. The van der Waals surface area contributed by atoms with E-state index in [4.69, 9.17) is 21.7 Å². The first-order chi connectivity index (χ1) is 15.5. The molecule has 1 aromatic carbocycles. The number of methoxy groups -OCH3 is 2. The second-order valence-electron chi connectivity index (χ2n) is 7.33. The molecule has 0 radical (unpaired) electrons. The van der Waals surface area contributed by atoms with E-state index in [1.165, 1.54) is 17.6 Å². The Morgan fingerprint density at radius 2 is 2.12 bits per heavy atom. The largest absolute Gasteiger partial charge is 0.495 e. The van der Waals surface area contributed by atoms with Crippen LogP contribution >= 0.6 is 23.6 Å². The number of aryl methyl sites for hydroxylation is 1. The van der Waals surface area contributed by atoms with E-state index in [1.54, 1.807) is 24.6 Å². The maximum atomic E-state index is 12.2. The van der Waals surface area contributed by atoms with Crippen molar-refractivity contribution in [1.82, 2.24) is 10.3 Å². The van der Waals surface area contributed by atoms with Crippen LogP contribution in [0.5, 0.6) is 5.75 Å². The number of ether oxygens (including phenoxy) is 2. The van der Waals surface area contributed by atoms with Crippen molar-refractivity contribution in [2.45, 2.75) is 19.0 Å². The molecule has 0 aliphatic carbocycles. The summed E-state index contributed by atoms with van der Waals surface area (Å²) in [6.45, 7) is 2.06. The third kappa shape index (κ3) is 4.32. The molecule has 9 heteroatoms. The summed E-state index contributed by atoms with van der Waals surface area (Å²) in [4.78, 5) is 20.0. The third-order valence-corrected chi connectivity index (χ3v) is 6.68. The predicted molar refractivity (Wildman–Crippen MR) is 130 cm³/mol. The highest BCUT2D eigenvalue weighted by molar-refractivity contribution is 7.80. The SMILES string of the molecule is COCC(=O)Nc1cc(N2C(=S)N[C@H](c3ccccn3)[C@H]2c2sccc2C)ccc1OC. The molecule has 4 rings (SSSR count). The quantitative estimate of drug-likeness (QED) is 0.503. The molecule has 0 bridgehead atoms. The van der Waals surface area contributed by atoms with Crippen molar-refractivity contribution in [3.05, 3.63) is 70.2 Å². The van der Waals surface area contributed by atoms with E-state index >= 15 is 0 Å². The Kier molecular flexibility index (Phi) is 6.69. The molecule has 32 heavy (non-hydrogen) atoms. The van der Waals surface area contributed by atoms with E-state index in [0.717, 1.165) is 11.4 Å². The van der Waals surface area contributed by atoms with Gasteiger partial charge < -0.3 is 25.0 Å². The average molecular weight is 469 g/mol. The minimum absolute atomic E-state index is 0.0458. The fourth-order valence-corrected chi connectivity index (χ4v) is 5.25. The van der Waals surface area contributed by atoms with E-state index in [-0.39, 0.29) is 24.6 Å². The number of anilines is 2. The molecular weight excluding hydrogens is 444 g/mol. The first kappa shape index (κ1) is 22.2. The normalized spacial score (nSPS) is 17.8. The summed E-state index contributed by atoms with van der Waals surface area (Å²) >= 11 is 7.48. The third-order valence-electron chi connectivity index (χ3n) is 5.28. The van der Waals surface area contributed by atoms with E-state index in [1.807, 2.05) is 36.4 Å². The van der Waals surface area contributed by atoms with Gasteiger partial charge in [-0.15, -0.1) is 11.3 Å². The van der Waals surface area contributed by atoms with Gasteiger partial charge in [-0.2, -0.15) is 0 Å². The summed E-state index contributed by atoms with van der Waals surface area (Å²) in [5.41, 5.74) is 3.50. The Labute approximate surface area is 196 Å². The highest BCUT2D eigenvalue weighted by atomic mass is 32.1. The highest BCUT2D eigenvalue weighted by Gasteiger charge is 2.42. The van der Waals surface area contributed by atoms with Crippen LogP contribution in [-0.2, 0) is 9.53 Å².